The summed E-state index contributed by atoms with van der Waals surface area (Å²) in [6, 6.07) is 7.32. The summed E-state index contributed by atoms with van der Waals surface area (Å²) in [6.45, 7) is 2.16. The van der Waals surface area contributed by atoms with E-state index in [9.17, 15) is 15.3 Å². The highest BCUT2D eigenvalue weighted by atomic mass is 16.7. The van der Waals surface area contributed by atoms with E-state index in [2.05, 4.69) is 5.32 Å². The third-order valence-electron chi connectivity index (χ3n) is 3.74. The summed E-state index contributed by atoms with van der Waals surface area (Å²) in [5.74, 6) is 0. The first-order chi connectivity index (χ1) is 10.1. The predicted octanol–water partition coefficient (Wildman–Crippen LogP) is -0.461. The van der Waals surface area contributed by atoms with Gasteiger partial charge in [0.25, 0.3) is 0 Å². The molecule has 0 radical (unpaired) electrons. The number of aliphatic hydroxyl groups excluding tert-OH is 3. The predicted molar refractivity (Wildman–Crippen MR) is 76.6 cm³/mol. The van der Waals surface area contributed by atoms with Gasteiger partial charge in [0, 0.05) is 13.7 Å². The number of aliphatic hydroxyl groups is 3. The Balaban J connectivity index is 2.04. The lowest BCUT2D eigenvalue weighted by Gasteiger charge is -2.42. The molecule has 1 aromatic rings. The zero-order chi connectivity index (χ0) is 15.4. The average molecular weight is 297 g/mol. The molecule has 0 spiro atoms. The first-order valence-electron chi connectivity index (χ1n) is 7.01. The van der Waals surface area contributed by atoms with Crippen LogP contribution < -0.4 is 5.32 Å². The molecule has 0 amide bonds. The van der Waals surface area contributed by atoms with Crippen molar-refractivity contribution >= 4 is 0 Å². The van der Waals surface area contributed by atoms with Crippen LogP contribution >= 0.6 is 0 Å². The van der Waals surface area contributed by atoms with Gasteiger partial charge in [0.2, 0.25) is 0 Å². The molecule has 21 heavy (non-hydrogen) atoms. The second kappa shape index (κ2) is 7.31. The Morgan fingerprint density at radius 3 is 2.67 bits per heavy atom. The molecular weight excluding hydrogens is 274 g/mol. The van der Waals surface area contributed by atoms with Gasteiger partial charge in [0.1, 0.15) is 18.3 Å². The number of nitrogens with one attached hydrogen (secondary N) is 1. The van der Waals surface area contributed by atoms with E-state index in [1.807, 2.05) is 31.2 Å². The molecule has 0 aromatic heterocycles. The maximum atomic E-state index is 10.2. The van der Waals surface area contributed by atoms with E-state index in [0.717, 1.165) is 11.1 Å². The summed E-state index contributed by atoms with van der Waals surface area (Å²) in [5, 5.41) is 32.7. The summed E-state index contributed by atoms with van der Waals surface area (Å²) in [5.41, 5.74) is 2.20. The minimum Gasteiger partial charge on any atom is -0.394 e. The van der Waals surface area contributed by atoms with Gasteiger partial charge >= 0.3 is 0 Å². The van der Waals surface area contributed by atoms with Crippen molar-refractivity contribution in [2.24, 2.45) is 0 Å². The molecule has 0 unspecified atom stereocenters. The Morgan fingerprint density at radius 2 is 2.05 bits per heavy atom. The van der Waals surface area contributed by atoms with Crippen molar-refractivity contribution in [3.8, 4) is 0 Å². The van der Waals surface area contributed by atoms with Crippen LogP contribution in [0.25, 0.3) is 0 Å². The molecule has 2 rings (SSSR count). The highest BCUT2D eigenvalue weighted by Gasteiger charge is 2.44. The molecule has 1 aliphatic rings. The topological polar surface area (TPSA) is 91.2 Å². The van der Waals surface area contributed by atoms with Gasteiger partial charge in [0.05, 0.1) is 12.6 Å². The number of hydrogen-bond donors (Lipinski definition) is 4. The second-order valence-electron chi connectivity index (χ2n) is 5.34. The molecule has 6 nitrogen and oxygen atoms in total. The lowest BCUT2D eigenvalue weighted by atomic mass is 9.96. The van der Waals surface area contributed by atoms with Crippen molar-refractivity contribution in [1.82, 2.24) is 5.32 Å². The molecule has 6 heteroatoms. The van der Waals surface area contributed by atoms with Crippen molar-refractivity contribution in [3.63, 3.8) is 0 Å². The summed E-state index contributed by atoms with van der Waals surface area (Å²) in [4.78, 5) is 0. The fourth-order valence-corrected chi connectivity index (χ4v) is 2.58. The van der Waals surface area contributed by atoms with Gasteiger partial charge in [-0.2, -0.15) is 0 Å². The molecule has 0 saturated carbocycles. The lowest BCUT2D eigenvalue weighted by molar-refractivity contribution is -0.271. The van der Waals surface area contributed by atoms with Gasteiger partial charge in [-0.15, -0.1) is 0 Å². The first kappa shape index (κ1) is 16.4. The van der Waals surface area contributed by atoms with Gasteiger partial charge in [-0.25, -0.2) is 0 Å². The summed E-state index contributed by atoms with van der Waals surface area (Å²) in [6.07, 6.45) is -3.69. The first-order valence-corrected chi connectivity index (χ1v) is 7.01. The van der Waals surface area contributed by atoms with Crippen LogP contribution in [-0.4, -0.2) is 59.7 Å². The van der Waals surface area contributed by atoms with E-state index in [1.165, 1.54) is 7.11 Å². The number of rotatable bonds is 5. The van der Waals surface area contributed by atoms with Gasteiger partial charge < -0.3 is 30.1 Å². The molecule has 118 valence electrons. The van der Waals surface area contributed by atoms with Crippen molar-refractivity contribution in [3.05, 3.63) is 35.4 Å². The number of ether oxygens (including phenoxy) is 2. The molecule has 1 aliphatic heterocycles. The Kier molecular flexibility index (Phi) is 5.69. The van der Waals surface area contributed by atoms with Crippen LogP contribution in [0.2, 0.25) is 0 Å². The maximum Gasteiger partial charge on any atom is 0.185 e. The maximum absolute atomic E-state index is 10.2. The minimum atomic E-state index is -1.02. The molecule has 0 bridgehead atoms. The Hall–Kier alpha value is -1.02. The molecule has 1 fully saturated rings. The molecular formula is C15H23NO5. The standard InChI is InChI=1S/C15H23NO5/c1-9-4-3-5-10(6-9)7-16-12-13(18)11(8-17)21-15(20-2)14(12)19/h3-6,11-19H,7-8H2,1-2H3/t11-,12-,13-,14+,15+/m1/s1. The zero-order valence-electron chi connectivity index (χ0n) is 12.3. The van der Waals surface area contributed by atoms with Crippen molar-refractivity contribution in [1.29, 1.82) is 0 Å². The number of benzene rings is 1. The van der Waals surface area contributed by atoms with E-state index in [4.69, 9.17) is 9.47 Å². The van der Waals surface area contributed by atoms with Gasteiger partial charge in [-0.05, 0) is 12.5 Å². The number of hydrogen-bond acceptors (Lipinski definition) is 6. The normalized spacial score (nSPS) is 33.1. The van der Waals surface area contributed by atoms with Crippen LogP contribution in [0.4, 0.5) is 0 Å². The van der Waals surface area contributed by atoms with E-state index in [-0.39, 0.29) is 6.61 Å². The van der Waals surface area contributed by atoms with Crippen LogP contribution in [-0.2, 0) is 16.0 Å². The highest BCUT2D eigenvalue weighted by Crippen LogP contribution is 2.22. The monoisotopic (exact) mass is 297 g/mol. The van der Waals surface area contributed by atoms with Gasteiger partial charge in [0.15, 0.2) is 6.29 Å². The van der Waals surface area contributed by atoms with Crippen LogP contribution in [0.15, 0.2) is 24.3 Å². The summed E-state index contributed by atoms with van der Waals surface area (Å²) in [7, 11) is 1.41. The van der Waals surface area contributed by atoms with E-state index in [0.29, 0.717) is 6.54 Å². The molecule has 1 aromatic carbocycles. The van der Waals surface area contributed by atoms with Crippen molar-refractivity contribution in [2.75, 3.05) is 13.7 Å². The van der Waals surface area contributed by atoms with Gasteiger partial charge in [-0.3, -0.25) is 0 Å². The molecule has 5 atom stereocenters. The Labute approximate surface area is 124 Å². The van der Waals surface area contributed by atoms with Crippen LogP contribution in [0, 0.1) is 6.92 Å². The molecule has 1 saturated heterocycles. The zero-order valence-corrected chi connectivity index (χ0v) is 12.3. The molecule has 4 N–H and O–H groups in total. The third-order valence-corrected chi connectivity index (χ3v) is 3.74. The number of aryl methyl sites for hydroxylation is 1. The summed E-state index contributed by atoms with van der Waals surface area (Å²) >= 11 is 0. The minimum absolute atomic E-state index is 0.337. The van der Waals surface area contributed by atoms with Crippen LogP contribution in [0.3, 0.4) is 0 Å². The quantitative estimate of drug-likeness (QED) is 0.588. The molecule has 0 aliphatic carbocycles. The smallest absolute Gasteiger partial charge is 0.185 e. The van der Waals surface area contributed by atoms with Crippen LogP contribution in [0.1, 0.15) is 11.1 Å². The average Bonchev–Trinajstić information content (AvgIpc) is 2.47. The molecule has 1 heterocycles. The number of methoxy groups -OCH3 is 1. The largest absolute Gasteiger partial charge is 0.394 e. The Bertz CT molecular complexity index is 439. The highest BCUT2D eigenvalue weighted by molar-refractivity contribution is 5.22. The van der Waals surface area contributed by atoms with Crippen LogP contribution in [0.5, 0.6) is 0 Å². The SMILES string of the molecule is CO[C@H]1O[C@H](CO)[C@@H](O)[C@@H](NCc2cccc(C)c2)[C@@H]1O. The Morgan fingerprint density at radius 1 is 1.29 bits per heavy atom. The van der Waals surface area contributed by atoms with E-state index in [1.54, 1.807) is 0 Å². The van der Waals surface area contributed by atoms with Crippen molar-refractivity contribution < 1.29 is 24.8 Å². The lowest BCUT2D eigenvalue weighted by Crippen LogP contribution is -2.63. The van der Waals surface area contributed by atoms with Gasteiger partial charge in [-0.1, -0.05) is 29.8 Å². The van der Waals surface area contributed by atoms with E-state index < -0.39 is 30.6 Å². The van der Waals surface area contributed by atoms with Crippen molar-refractivity contribution in [2.45, 2.75) is 44.1 Å². The fraction of sp³-hybridized carbons (Fsp3) is 0.600. The summed E-state index contributed by atoms with van der Waals surface area (Å²) < 4.78 is 10.3. The third kappa shape index (κ3) is 3.79. The van der Waals surface area contributed by atoms with E-state index >= 15 is 0 Å². The second-order valence-corrected chi connectivity index (χ2v) is 5.34. The fourth-order valence-electron chi connectivity index (χ4n) is 2.58.